The van der Waals surface area contributed by atoms with Crippen LogP contribution in [0, 0.1) is 10.1 Å². The van der Waals surface area contributed by atoms with Crippen LogP contribution in [0.3, 0.4) is 0 Å². The number of rotatable bonds is 4. The van der Waals surface area contributed by atoms with Crippen molar-refractivity contribution in [1.29, 1.82) is 0 Å². The number of nitro groups is 1. The molecule has 0 spiro atoms. The largest absolute Gasteiger partial charge is 0.377 e. The quantitative estimate of drug-likeness (QED) is 0.624. The topological polar surface area (TPSA) is 81.9 Å². The fraction of sp³-hybridized carbons (Fsp3) is 0.462. The van der Waals surface area contributed by atoms with Gasteiger partial charge in [-0.05, 0) is 6.07 Å². The second-order valence-corrected chi connectivity index (χ2v) is 5.09. The molecule has 8 heteroatoms. The Morgan fingerprint density at radius 2 is 1.90 bits per heavy atom. The minimum atomic E-state index is -0.558. The third-order valence-electron chi connectivity index (χ3n) is 3.50. The molecular formula is C13H15ClN2O5. The van der Waals surface area contributed by atoms with Crippen LogP contribution in [0.25, 0.3) is 0 Å². The number of halogens is 1. The van der Waals surface area contributed by atoms with E-state index in [2.05, 4.69) is 0 Å². The lowest BCUT2D eigenvalue weighted by atomic mass is 10.2. The van der Waals surface area contributed by atoms with Crippen molar-refractivity contribution in [1.82, 2.24) is 4.90 Å². The van der Waals surface area contributed by atoms with Gasteiger partial charge in [0.1, 0.15) is 12.2 Å². The van der Waals surface area contributed by atoms with Crippen molar-refractivity contribution in [2.45, 2.75) is 12.2 Å². The molecule has 0 aliphatic carbocycles. The first-order valence-electron chi connectivity index (χ1n) is 6.26. The van der Waals surface area contributed by atoms with E-state index in [4.69, 9.17) is 21.1 Å². The van der Waals surface area contributed by atoms with Gasteiger partial charge in [0.2, 0.25) is 0 Å². The summed E-state index contributed by atoms with van der Waals surface area (Å²) in [7, 11) is 3.12. The maximum absolute atomic E-state index is 12.4. The summed E-state index contributed by atoms with van der Waals surface area (Å²) in [5, 5.41) is 10.7. The molecule has 2 rings (SSSR count). The normalized spacial score (nSPS) is 21.6. The first-order valence-corrected chi connectivity index (χ1v) is 6.64. The van der Waals surface area contributed by atoms with E-state index in [1.54, 1.807) is 19.1 Å². The van der Waals surface area contributed by atoms with Crippen LogP contribution in [0.2, 0.25) is 5.02 Å². The van der Waals surface area contributed by atoms with Crippen molar-refractivity contribution in [2.24, 2.45) is 0 Å². The van der Waals surface area contributed by atoms with Gasteiger partial charge in [-0.25, -0.2) is 0 Å². The molecule has 0 N–H and O–H groups in total. The zero-order chi connectivity index (χ0) is 15.6. The van der Waals surface area contributed by atoms with Crippen LogP contribution in [-0.4, -0.2) is 55.2 Å². The van der Waals surface area contributed by atoms with E-state index in [0.717, 1.165) is 0 Å². The minimum Gasteiger partial charge on any atom is -0.377 e. The van der Waals surface area contributed by atoms with E-state index in [1.165, 1.54) is 18.2 Å². The molecule has 0 bridgehead atoms. The molecule has 1 aromatic rings. The van der Waals surface area contributed by atoms with E-state index in [9.17, 15) is 14.9 Å². The molecule has 2 atom stereocenters. The van der Waals surface area contributed by atoms with Crippen molar-refractivity contribution in [2.75, 3.05) is 27.3 Å². The van der Waals surface area contributed by atoms with Crippen molar-refractivity contribution >= 4 is 23.2 Å². The summed E-state index contributed by atoms with van der Waals surface area (Å²) in [5.74, 6) is -0.295. The Kier molecular flexibility index (Phi) is 4.76. The van der Waals surface area contributed by atoms with Gasteiger partial charge in [0, 0.05) is 39.4 Å². The molecule has 1 amide bonds. The van der Waals surface area contributed by atoms with Crippen LogP contribution >= 0.6 is 11.6 Å². The Hall–Kier alpha value is -1.70. The monoisotopic (exact) mass is 314 g/mol. The number of methoxy groups -OCH3 is 2. The number of hydrogen-bond acceptors (Lipinski definition) is 5. The highest BCUT2D eigenvalue weighted by Gasteiger charge is 2.36. The number of non-ortho nitro benzene ring substituents is 1. The van der Waals surface area contributed by atoms with Gasteiger partial charge >= 0.3 is 0 Å². The van der Waals surface area contributed by atoms with E-state index in [-0.39, 0.29) is 34.4 Å². The van der Waals surface area contributed by atoms with Crippen LogP contribution in [0.15, 0.2) is 18.2 Å². The number of nitro benzene ring substituents is 1. The van der Waals surface area contributed by atoms with Gasteiger partial charge < -0.3 is 14.4 Å². The highest BCUT2D eigenvalue weighted by Crippen LogP contribution is 2.26. The van der Waals surface area contributed by atoms with Crippen molar-refractivity contribution in [3.8, 4) is 0 Å². The van der Waals surface area contributed by atoms with Gasteiger partial charge in [-0.1, -0.05) is 11.6 Å². The lowest BCUT2D eigenvalue weighted by Gasteiger charge is -2.16. The third kappa shape index (κ3) is 3.15. The van der Waals surface area contributed by atoms with E-state index in [1.807, 2.05) is 0 Å². The molecule has 1 heterocycles. The van der Waals surface area contributed by atoms with E-state index in [0.29, 0.717) is 13.1 Å². The number of ether oxygens (including phenoxy) is 2. The maximum atomic E-state index is 12.4. The highest BCUT2D eigenvalue weighted by atomic mass is 35.5. The number of carbonyl (C=O) groups excluding carboxylic acids is 1. The van der Waals surface area contributed by atoms with Gasteiger partial charge in [-0.2, -0.15) is 0 Å². The molecule has 21 heavy (non-hydrogen) atoms. The number of nitrogens with zero attached hydrogens (tertiary/aromatic N) is 2. The summed E-state index contributed by atoms with van der Waals surface area (Å²) in [5.41, 5.74) is 0.0800. The number of hydrogen-bond donors (Lipinski definition) is 0. The molecule has 1 aliphatic rings. The van der Waals surface area contributed by atoms with Crippen LogP contribution in [0.4, 0.5) is 5.69 Å². The highest BCUT2D eigenvalue weighted by molar-refractivity contribution is 6.34. The van der Waals surface area contributed by atoms with Crippen molar-refractivity contribution in [3.63, 3.8) is 0 Å². The number of amides is 1. The Bertz CT molecular complexity index is 553. The summed E-state index contributed by atoms with van der Waals surface area (Å²) in [4.78, 5) is 24.1. The Morgan fingerprint density at radius 1 is 1.33 bits per heavy atom. The fourth-order valence-corrected chi connectivity index (χ4v) is 2.58. The van der Waals surface area contributed by atoms with E-state index >= 15 is 0 Å². The predicted octanol–water partition coefficient (Wildman–Crippen LogP) is 1.73. The zero-order valence-electron chi connectivity index (χ0n) is 11.6. The first kappa shape index (κ1) is 15.7. The lowest BCUT2D eigenvalue weighted by molar-refractivity contribution is -0.384. The first-order chi connectivity index (χ1) is 9.97. The molecule has 1 fully saturated rings. The Morgan fingerprint density at radius 3 is 2.33 bits per heavy atom. The van der Waals surface area contributed by atoms with Crippen LogP contribution in [0.5, 0.6) is 0 Å². The van der Waals surface area contributed by atoms with Crippen LogP contribution in [0.1, 0.15) is 10.4 Å². The van der Waals surface area contributed by atoms with Gasteiger partial charge in [0.15, 0.2) is 0 Å². The predicted molar refractivity (Wildman–Crippen MR) is 75.6 cm³/mol. The number of benzene rings is 1. The molecular weight excluding hydrogens is 300 g/mol. The zero-order valence-corrected chi connectivity index (χ0v) is 12.4. The molecule has 2 unspecified atom stereocenters. The van der Waals surface area contributed by atoms with E-state index < -0.39 is 4.92 Å². The average molecular weight is 315 g/mol. The average Bonchev–Trinajstić information content (AvgIpc) is 2.89. The number of likely N-dealkylation sites (tertiary alicyclic amines) is 1. The van der Waals surface area contributed by atoms with Gasteiger partial charge in [0.05, 0.1) is 15.5 Å². The molecule has 7 nitrogen and oxygen atoms in total. The third-order valence-corrected chi connectivity index (χ3v) is 3.81. The summed E-state index contributed by atoms with van der Waals surface area (Å²) >= 11 is 5.97. The Balaban J connectivity index is 2.19. The van der Waals surface area contributed by atoms with Crippen LogP contribution < -0.4 is 0 Å². The van der Waals surface area contributed by atoms with Gasteiger partial charge in [0.25, 0.3) is 11.6 Å². The van der Waals surface area contributed by atoms with Gasteiger partial charge in [-0.3, -0.25) is 14.9 Å². The van der Waals surface area contributed by atoms with Crippen molar-refractivity contribution < 1.29 is 19.2 Å². The molecule has 1 saturated heterocycles. The smallest absolute Gasteiger partial charge is 0.270 e. The summed E-state index contributed by atoms with van der Waals surface area (Å²) < 4.78 is 10.5. The second kappa shape index (κ2) is 6.38. The molecule has 114 valence electrons. The SMILES string of the molecule is COC1CN(C(=O)c2ccc([N+](=O)[O-])cc2Cl)CC1OC. The minimum absolute atomic E-state index is 0.0593. The van der Waals surface area contributed by atoms with Gasteiger partial charge in [-0.15, -0.1) is 0 Å². The number of carbonyl (C=O) groups is 1. The Labute approximate surface area is 126 Å². The summed E-state index contributed by atoms with van der Waals surface area (Å²) in [6.45, 7) is 0.780. The maximum Gasteiger partial charge on any atom is 0.270 e. The molecule has 1 aliphatic heterocycles. The lowest BCUT2D eigenvalue weighted by Crippen LogP contribution is -2.30. The van der Waals surface area contributed by atoms with Crippen LogP contribution in [-0.2, 0) is 9.47 Å². The molecule has 0 radical (unpaired) electrons. The fourth-order valence-electron chi connectivity index (χ4n) is 2.32. The molecule has 0 saturated carbocycles. The second-order valence-electron chi connectivity index (χ2n) is 4.68. The standard InChI is InChI=1S/C13H15ClN2O5/c1-20-11-6-15(7-12(11)21-2)13(17)9-4-3-8(16(18)19)5-10(9)14/h3-5,11-12H,6-7H2,1-2H3. The molecule has 1 aromatic carbocycles. The molecule has 0 aromatic heterocycles. The summed E-state index contributed by atoms with van der Waals surface area (Å²) in [6, 6.07) is 3.80. The van der Waals surface area contributed by atoms with Crippen molar-refractivity contribution in [3.05, 3.63) is 38.9 Å². The summed E-state index contributed by atoms with van der Waals surface area (Å²) in [6.07, 6.45) is -0.397.